The monoisotopic (exact) mass is 205 g/mol. The molecule has 4 heteroatoms. The van der Waals surface area contributed by atoms with E-state index in [-0.39, 0.29) is 5.97 Å². The number of thioether (sulfide) groups is 1. The molecule has 13 heavy (non-hydrogen) atoms. The quantitative estimate of drug-likeness (QED) is 0.526. The summed E-state index contributed by atoms with van der Waals surface area (Å²) in [5.74, 6) is 0.800. The van der Waals surface area contributed by atoms with Crippen LogP contribution in [0.5, 0.6) is 0 Å². The van der Waals surface area contributed by atoms with E-state index < -0.39 is 5.54 Å². The Bertz CT molecular complexity index is 160. The third-order valence-electron chi connectivity index (χ3n) is 1.95. The second-order valence-corrected chi connectivity index (χ2v) is 4.34. The largest absolute Gasteiger partial charge is 0.468 e. The van der Waals surface area contributed by atoms with E-state index in [9.17, 15) is 4.79 Å². The van der Waals surface area contributed by atoms with Crippen LogP contribution >= 0.6 is 11.8 Å². The Morgan fingerprint density at radius 2 is 2.15 bits per heavy atom. The summed E-state index contributed by atoms with van der Waals surface area (Å²) >= 11 is 1.81. The van der Waals surface area contributed by atoms with Crippen LogP contribution in [-0.4, -0.2) is 30.6 Å². The third-order valence-corrected chi connectivity index (χ3v) is 2.64. The van der Waals surface area contributed by atoms with Crippen molar-refractivity contribution in [1.82, 2.24) is 0 Å². The fourth-order valence-corrected chi connectivity index (χ4v) is 1.57. The normalized spacial score (nSPS) is 15.1. The van der Waals surface area contributed by atoms with Crippen LogP contribution in [0.15, 0.2) is 0 Å². The van der Waals surface area contributed by atoms with E-state index in [0.717, 1.165) is 18.6 Å². The fourth-order valence-electron chi connectivity index (χ4n) is 1.07. The molecular formula is C9H19NO2S. The van der Waals surface area contributed by atoms with Gasteiger partial charge < -0.3 is 10.5 Å². The molecule has 0 aliphatic heterocycles. The zero-order chi connectivity index (χ0) is 10.3. The van der Waals surface area contributed by atoms with Crippen molar-refractivity contribution in [2.24, 2.45) is 5.73 Å². The Balaban J connectivity index is 3.69. The Labute approximate surface area is 84.4 Å². The summed E-state index contributed by atoms with van der Waals surface area (Å²) in [5, 5.41) is 0. The van der Waals surface area contributed by atoms with Crippen LogP contribution in [0, 0.1) is 0 Å². The van der Waals surface area contributed by atoms with Crippen molar-refractivity contribution in [3.63, 3.8) is 0 Å². The molecule has 0 bridgehead atoms. The minimum atomic E-state index is -0.812. The average Bonchev–Trinajstić information content (AvgIpc) is 2.11. The Kier molecular flexibility index (Phi) is 6.16. The molecule has 0 saturated carbocycles. The molecule has 0 saturated heterocycles. The molecule has 0 aliphatic carbocycles. The molecule has 0 radical (unpaired) electrons. The summed E-state index contributed by atoms with van der Waals surface area (Å²) in [6, 6.07) is 0. The first-order valence-corrected chi connectivity index (χ1v) is 5.80. The number of esters is 1. The molecule has 3 nitrogen and oxygen atoms in total. The molecule has 0 fully saturated rings. The van der Waals surface area contributed by atoms with Gasteiger partial charge in [-0.05, 0) is 31.8 Å². The lowest BCUT2D eigenvalue weighted by Crippen LogP contribution is -2.45. The van der Waals surface area contributed by atoms with Gasteiger partial charge in [-0.2, -0.15) is 11.8 Å². The van der Waals surface area contributed by atoms with Gasteiger partial charge in [0.2, 0.25) is 0 Å². The van der Waals surface area contributed by atoms with Crippen LogP contribution in [0.25, 0.3) is 0 Å². The first kappa shape index (κ1) is 12.8. The number of unbranched alkanes of at least 4 members (excludes halogenated alkanes) is 1. The molecule has 78 valence electrons. The second-order valence-electron chi connectivity index (χ2n) is 3.36. The first-order valence-electron chi connectivity index (χ1n) is 4.41. The van der Waals surface area contributed by atoms with Gasteiger partial charge in [0.05, 0.1) is 7.11 Å². The summed E-state index contributed by atoms with van der Waals surface area (Å²) in [6.07, 6.45) is 4.84. The highest BCUT2D eigenvalue weighted by Gasteiger charge is 2.28. The number of nitrogens with two attached hydrogens (primary N) is 1. The number of carbonyl (C=O) groups is 1. The van der Waals surface area contributed by atoms with Gasteiger partial charge in [-0.25, -0.2) is 0 Å². The maximum Gasteiger partial charge on any atom is 0.325 e. The van der Waals surface area contributed by atoms with Crippen molar-refractivity contribution in [2.45, 2.75) is 31.7 Å². The topological polar surface area (TPSA) is 52.3 Å². The number of carbonyl (C=O) groups excluding carboxylic acids is 1. The van der Waals surface area contributed by atoms with Crippen LogP contribution in [0.1, 0.15) is 26.2 Å². The van der Waals surface area contributed by atoms with Gasteiger partial charge in [-0.1, -0.05) is 6.42 Å². The van der Waals surface area contributed by atoms with E-state index in [0.29, 0.717) is 6.42 Å². The molecule has 0 amide bonds. The highest BCUT2D eigenvalue weighted by atomic mass is 32.2. The lowest BCUT2D eigenvalue weighted by molar-refractivity contribution is -0.146. The zero-order valence-corrected chi connectivity index (χ0v) is 9.45. The minimum absolute atomic E-state index is 0.323. The molecule has 0 aromatic carbocycles. The van der Waals surface area contributed by atoms with E-state index in [1.54, 1.807) is 6.92 Å². The van der Waals surface area contributed by atoms with Gasteiger partial charge in [-0.15, -0.1) is 0 Å². The van der Waals surface area contributed by atoms with Gasteiger partial charge >= 0.3 is 5.97 Å². The molecule has 0 heterocycles. The number of methoxy groups -OCH3 is 1. The molecule has 1 atom stereocenters. The van der Waals surface area contributed by atoms with E-state index in [2.05, 4.69) is 11.0 Å². The molecule has 1 unspecified atom stereocenters. The van der Waals surface area contributed by atoms with E-state index in [4.69, 9.17) is 5.73 Å². The Morgan fingerprint density at radius 3 is 2.62 bits per heavy atom. The molecular weight excluding hydrogens is 186 g/mol. The van der Waals surface area contributed by atoms with Crippen LogP contribution in [0.3, 0.4) is 0 Å². The zero-order valence-electron chi connectivity index (χ0n) is 8.63. The second kappa shape index (κ2) is 6.27. The van der Waals surface area contributed by atoms with Crippen molar-refractivity contribution >= 4 is 17.7 Å². The molecule has 0 aliphatic rings. The summed E-state index contributed by atoms with van der Waals surface area (Å²) < 4.78 is 4.60. The standard InChI is InChI=1S/C9H19NO2S/c1-9(10,8(11)12-2)6-4-5-7-13-3/h4-7,10H2,1-3H3. The SMILES string of the molecule is COC(=O)C(C)(N)CCCCSC. The molecule has 0 aromatic heterocycles. The van der Waals surface area contributed by atoms with Gasteiger partial charge in [-0.3, -0.25) is 4.79 Å². The number of rotatable bonds is 6. The van der Waals surface area contributed by atoms with Crippen molar-refractivity contribution < 1.29 is 9.53 Å². The van der Waals surface area contributed by atoms with Crippen LogP contribution in [0.2, 0.25) is 0 Å². The average molecular weight is 205 g/mol. The van der Waals surface area contributed by atoms with E-state index >= 15 is 0 Å². The highest BCUT2D eigenvalue weighted by molar-refractivity contribution is 7.98. The van der Waals surface area contributed by atoms with Crippen molar-refractivity contribution in [3.05, 3.63) is 0 Å². The smallest absolute Gasteiger partial charge is 0.325 e. The van der Waals surface area contributed by atoms with Gasteiger partial charge in [0, 0.05) is 0 Å². The van der Waals surface area contributed by atoms with Crippen LogP contribution < -0.4 is 5.73 Å². The summed E-state index contributed by atoms with van der Waals surface area (Å²) in [5.41, 5.74) is 4.96. The lowest BCUT2D eigenvalue weighted by Gasteiger charge is -2.20. The van der Waals surface area contributed by atoms with E-state index in [1.165, 1.54) is 7.11 Å². The van der Waals surface area contributed by atoms with Crippen molar-refractivity contribution in [3.8, 4) is 0 Å². The first-order chi connectivity index (χ1) is 6.04. The van der Waals surface area contributed by atoms with Crippen molar-refractivity contribution in [1.29, 1.82) is 0 Å². The van der Waals surface area contributed by atoms with Crippen LogP contribution in [0.4, 0.5) is 0 Å². The third kappa shape index (κ3) is 5.16. The Morgan fingerprint density at radius 1 is 1.54 bits per heavy atom. The highest BCUT2D eigenvalue weighted by Crippen LogP contribution is 2.13. The maximum absolute atomic E-state index is 11.1. The minimum Gasteiger partial charge on any atom is -0.468 e. The molecule has 0 aromatic rings. The van der Waals surface area contributed by atoms with Crippen molar-refractivity contribution in [2.75, 3.05) is 19.1 Å². The summed E-state index contributed by atoms with van der Waals surface area (Å²) in [7, 11) is 1.37. The number of ether oxygens (including phenoxy) is 1. The predicted molar refractivity (Wildman–Crippen MR) is 56.8 cm³/mol. The Hall–Kier alpha value is -0.220. The lowest BCUT2D eigenvalue weighted by atomic mass is 9.97. The van der Waals surface area contributed by atoms with Crippen LogP contribution in [-0.2, 0) is 9.53 Å². The molecule has 2 N–H and O–H groups in total. The summed E-state index contributed by atoms with van der Waals surface area (Å²) in [4.78, 5) is 11.1. The van der Waals surface area contributed by atoms with Gasteiger partial charge in [0.15, 0.2) is 0 Å². The number of hydrogen-bond acceptors (Lipinski definition) is 4. The number of hydrogen-bond donors (Lipinski definition) is 1. The van der Waals surface area contributed by atoms with Gasteiger partial charge in [0.25, 0.3) is 0 Å². The molecule has 0 rings (SSSR count). The fraction of sp³-hybridized carbons (Fsp3) is 0.889. The molecule has 0 spiro atoms. The predicted octanol–water partition coefficient (Wildman–Crippen LogP) is 1.41. The van der Waals surface area contributed by atoms with Gasteiger partial charge in [0.1, 0.15) is 5.54 Å². The summed E-state index contributed by atoms with van der Waals surface area (Å²) in [6.45, 7) is 1.72. The van der Waals surface area contributed by atoms with E-state index in [1.807, 2.05) is 11.8 Å². The maximum atomic E-state index is 11.1.